The highest BCUT2D eigenvalue weighted by Gasteiger charge is 2.34. The second-order valence-corrected chi connectivity index (χ2v) is 7.12. The van der Waals surface area contributed by atoms with Gasteiger partial charge in [0.2, 0.25) is 15.9 Å². The summed E-state index contributed by atoms with van der Waals surface area (Å²) in [6.45, 7) is 0.500. The molecule has 0 amide bonds. The van der Waals surface area contributed by atoms with Crippen molar-refractivity contribution in [2.24, 2.45) is 0 Å². The van der Waals surface area contributed by atoms with Gasteiger partial charge in [-0.05, 0) is 18.6 Å². The van der Waals surface area contributed by atoms with Gasteiger partial charge in [0.05, 0.1) is 22.6 Å². The number of nitrogens with zero attached hydrogens (tertiary/aromatic N) is 4. The van der Waals surface area contributed by atoms with Gasteiger partial charge in [-0.15, -0.1) is 0 Å². The number of aromatic nitrogens is 2. The predicted molar refractivity (Wildman–Crippen MR) is 82.9 cm³/mol. The molecule has 9 nitrogen and oxygen atoms in total. The topological polar surface area (TPSA) is 116 Å². The van der Waals surface area contributed by atoms with Crippen LogP contribution in [0.15, 0.2) is 47.8 Å². The Labute approximate surface area is 138 Å². The molecule has 10 heteroatoms. The SMILES string of the molecule is O=[N+]([O-])c1ccc(S(=O)(=O)N2CCC(Oc3cnccn3)C2)cc1. The predicted octanol–water partition coefficient (Wildman–Crippen LogP) is 1.23. The zero-order chi connectivity index (χ0) is 17.2. The number of rotatable bonds is 5. The number of nitro benzene ring substituents is 1. The lowest BCUT2D eigenvalue weighted by Crippen LogP contribution is -2.31. The quantitative estimate of drug-likeness (QED) is 0.588. The van der Waals surface area contributed by atoms with Crippen LogP contribution in [0.5, 0.6) is 5.88 Å². The Morgan fingerprint density at radius 1 is 1.25 bits per heavy atom. The normalized spacial score (nSPS) is 18.4. The van der Waals surface area contributed by atoms with Crippen molar-refractivity contribution < 1.29 is 18.1 Å². The number of benzene rings is 1. The first-order valence-electron chi connectivity index (χ1n) is 7.14. The van der Waals surface area contributed by atoms with Crippen LogP contribution in [0.2, 0.25) is 0 Å². The second kappa shape index (κ2) is 6.49. The van der Waals surface area contributed by atoms with Gasteiger partial charge in [-0.2, -0.15) is 4.31 Å². The molecule has 1 saturated heterocycles. The van der Waals surface area contributed by atoms with E-state index in [1.165, 1.54) is 47.2 Å². The highest BCUT2D eigenvalue weighted by molar-refractivity contribution is 7.89. The molecule has 0 N–H and O–H groups in total. The minimum atomic E-state index is -3.71. The molecule has 126 valence electrons. The minimum absolute atomic E-state index is 0.0215. The van der Waals surface area contributed by atoms with Crippen molar-refractivity contribution in [3.8, 4) is 5.88 Å². The Bertz CT molecular complexity index is 826. The molecule has 1 fully saturated rings. The average Bonchev–Trinajstić information content (AvgIpc) is 3.05. The van der Waals surface area contributed by atoms with Gasteiger partial charge < -0.3 is 4.74 Å². The van der Waals surface area contributed by atoms with Crippen LogP contribution in [0.4, 0.5) is 5.69 Å². The lowest BCUT2D eigenvalue weighted by atomic mass is 10.3. The third kappa shape index (κ3) is 3.34. The first-order chi connectivity index (χ1) is 11.5. The van der Waals surface area contributed by atoms with Crippen molar-refractivity contribution in [2.45, 2.75) is 17.4 Å². The van der Waals surface area contributed by atoms with Crippen molar-refractivity contribution in [2.75, 3.05) is 13.1 Å². The van der Waals surface area contributed by atoms with E-state index in [0.29, 0.717) is 18.8 Å². The molecule has 1 aliphatic rings. The van der Waals surface area contributed by atoms with Crippen molar-refractivity contribution in [3.05, 3.63) is 53.0 Å². The molecule has 0 radical (unpaired) electrons. The van der Waals surface area contributed by atoms with Gasteiger partial charge in [-0.3, -0.25) is 15.1 Å². The molecular formula is C14H14N4O5S. The number of non-ortho nitro benzene ring substituents is 1. The minimum Gasteiger partial charge on any atom is -0.472 e. The number of hydrogen-bond acceptors (Lipinski definition) is 7. The van der Waals surface area contributed by atoms with Gasteiger partial charge >= 0.3 is 0 Å². The second-order valence-electron chi connectivity index (χ2n) is 5.19. The van der Waals surface area contributed by atoms with E-state index in [-0.39, 0.29) is 23.2 Å². The number of nitro groups is 1. The molecule has 2 aromatic rings. The molecule has 1 unspecified atom stereocenters. The van der Waals surface area contributed by atoms with Crippen LogP contribution in [0.1, 0.15) is 6.42 Å². The van der Waals surface area contributed by atoms with Gasteiger partial charge in [-0.1, -0.05) is 0 Å². The monoisotopic (exact) mass is 350 g/mol. The summed E-state index contributed by atoms with van der Waals surface area (Å²) in [5, 5.41) is 10.7. The summed E-state index contributed by atoms with van der Waals surface area (Å²) >= 11 is 0. The third-order valence-electron chi connectivity index (χ3n) is 3.62. The maximum absolute atomic E-state index is 12.6. The molecule has 0 aliphatic carbocycles. The summed E-state index contributed by atoms with van der Waals surface area (Å²) in [5.74, 6) is 0.345. The highest BCUT2D eigenvalue weighted by atomic mass is 32.2. The molecule has 1 atom stereocenters. The smallest absolute Gasteiger partial charge is 0.269 e. The van der Waals surface area contributed by atoms with E-state index in [2.05, 4.69) is 9.97 Å². The fourth-order valence-corrected chi connectivity index (χ4v) is 3.90. The third-order valence-corrected chi connectivity index (χ3v) is 5.50. The molecule has 24 heavy (non-hydrogen) atoms. The summed E-state index contributed by atoms with van der Waals surface area (Å²) in [4.78, 5) is 18.0. The number of ether oxygens (including phenoxy) is 1. The van der Waals surface area contributed by atoms with Crippen LogP contribution in [-0.4, -0.2) is 46.8 Å². The summed E-state index contributed by atoms with van der Waals surface area (Å²) in [6.07, 6.45) is 4.70. The Balaban J connectivity index is 1.71. The van der Waals surface area contributed by atoms with Crippen molar-refractivity contribution >= 4 is 15.7 Å². The first kappa shape index (κ1) is 16.3. The summed E-state index contributed by atoms with van der Waals surface area (Å²) < 4.78 is 32.1. The first-order valence-corrected chi connectivity index (χ1v) is 8.58. The van der Waals surface area contributed by atoms with Crippen LogP contribution in [0, 0.1) is 10.1 Å². The van der Waals surface area contributed by atoms with E-state index >= 15 is 0 Å². The van der Waals surface area contributed by atoms with Crippen LogP contribution in [0.25, 0.3) is 0 Å². The maximum Gasteiger partial charge on any atom is 0.269 e. The molecular weight excluding hydrogens is 336 g/mol. The molecule has 1 aromatic carbocycles. The molecule has 0 spiro atoms. The lowest BCUT2D eigenvalue weighted by molar-refractivity contribution is -0.384. The van der Waals surface area contributed by atoms with Gasteiger partial charge in [0.15, 0.2) is 0 Å². The largest absolute Gasteiger partial charge is 0.472 e. The fraction of sp³-hybridized carbons (Fsp3) is 0.286. The van der Waals surface area contributed by atoms with Gasteiger partial charge in [-0.25, -0.2) is 13.4 Å². The van der Waals surface area contributed by atoms with Crippen molar-refractivity contribution in [3.63, 3.8) is 0 Å². The van der Waals surface area contributed by atoms with Crippen LogP contribution >= 0.6 is 0 Å². The number of hydrogen-bond donors (Lipinski definition) is 0. The van der Waals surface area contributed by atoms with Crippen molar-refractivity contribution in [1.29, 1.82) is 0 Å². The molecule has 3 rings (SSSR count). The highest BCUT2D eigenvalue weighted by Crippen LogP contribution is 2.24. The molecule has 1 aromatic heterocycles. The van der Waals surface area contributed by atoms with Crippen LogP contribution in [0.3, 0.4) is 0 Å². The molecule has 1 aliphatic heterocycles. The van der Waals surface area contributed by atoms with E-state index in [0.717, 1.165) is 0 Å². The van der Waals surface area contributed by atoms with Crippen LogP contribution in [-0.2, 0) is 10.0 Å². The Morgan fingerprint density at radius 3 is 2.62 bits per heavy atom. The summed E-state index contributed by atoms with van der Waals surface area (Å²) in [7, 11) is -3.71. The Morgan fingerprint density at radius 2 is 2.00 bits per heavy atom. The summed E-state index contributed by atoms with van der Waals surface area (Å²) in [6, 6.07) is 4.83. The van der Waals surface area contributed by atoms with E-state index < -0.39 is 14.9 Å². The van der Waals surface area contributed by atoms with E-state index in [1.807, 2.05) is 0 Å². The van der Waals surface area contributed by atoms with Gasteiger partial charge in [0, 0.05) is 31.1 Å². The standard InChI is InChI=1S/C14H14N4O5S/c19-18(20)11-1-3-13(4-2-11)24(21,22)17-8-5-12(10-17)23-14-9-15-6-7-16-14/h1-4,6-7,9,12H,5,8,10H2. The van der Waals surface area contributed by atoms with Gasteiger partial charge in [0.1, 0.15) is 6.10 Å². The zero-order valence-corrected chi connectivity index (χ0v) is 13.3. The Kier molecular flexibility index (Phi) is 4.40. The summed E-state index contributed by atoms with van der Waals surface area (Å²) in [5.41, 5.74) is -0.153. The fourth-order valence-electron chi connectivity index (χ4n) is 2.42. The maximum atomic E-state index is 12.6. The van der Waals surface area contributed by atoms with E-state index in [9.17, 15) is 18.5 Å². The molecule has 2 heterocycles. The number of sulfonamides is 1. The Hall–Kier alpha value is -2.59. The molecule has 0 saturated carbocycles. The van der Waals surface area contributed by atoms with Crippen molar-refractivity contribution in [1.82, 2.24) is 14.3 Å². The molecule has 0 bridgehead atoms. The lowest BCUT2D eigenvalue weighted by Gasteiger charge is -2.16. The van der Waals surface area contributed by atoms with E-state index in [4.69, 9.17) is 4.74 Å². The van der Waals surface area contributed by atoms with Crippen LogP contribution < -0.4 is 4.74 Å². The zero-order valence-electron chi connectivity index (χ0n) is 12.5. The van der Waals surface area contributed by atoms with E-state index in [1.54, 1.807) is 0 Å². The van der Waals surface area contributed by atoms with Gasteiger partial charge in [0.25, 0.3) is 5.69 Å². The average molecular weight is 350 g/mol.